The number of allylic oxidation sites excluding steroid dienone is 5. The molecular weight excluding hydrogens is 683 g/mol. The van der Waals surface area contributed by atoms with Crippen molar-refractivity contribution >= 4 is 35.5 Å². The molecule has 4 rings (SSSR count). The number of hydrogen-bond acceptors (Lipinski definition) is 9. The number of aromatic amines is 1. The second kappa shape index (κ2) is 23.9. The zero-order chi connectivity index (χ0) is 38.3. The average molecular weight is 730 g/mol. The fraction of sp³-hybridized carbons (Fsp3) is 0.351. The van der Waals surface area contributed by atoms with Gasteiger partial charge in [-0.2, -0.15) is 0 Å². The molecule has 0 radical (unpaired) electrons. The van der Waals surface area contributed by atoms with Crippen LogP contribution < -0.4 is 15.8 Å². The van der Waals surface area contributed by atoms with E-state index in [9.17, 15) is 32.3 Å². The van der Waals surface area contributed by atoms with Gasteiger partial charge in [-0.05, 0) is 94.5 Å². The van der Waals surface area contributed by atoms with E-state index in [1.807, 2.05) is 0 Å². The number of carbonyl (C=O) groups excluding carboxylic acids is 4. The van der Waals surface area contributed by atoms with Crippen LogP contribution in [0.15, 0.2) is 72.6 Å². The van der Waals surface area contributed by atoms with Gasteiger partial charge in [-0.25, -0.2) is 18.0 Å². The second-order valence-corrected chi connectivity index (χ2v) is 11.6. The fourth-order valence-corrected chi connectivity index (χ4v) is 4.73. The SMILES string of the molecule is CN(/C=C\C=C(/C=O)NC(=O)CCC/C=C/C=O)Cc1cc2cc(F)cc(OCc3ccc(F)cc3F)c2[nH]1.CN1CCCC1.NC(=O)OCCO. The number of carbonyl (C=O) groups is 4. The van der Waals surface area contributed by atoms with E-state index < -0.39 is 23.5 Å². The predicted octanol–water partition coefficient (Wildman–Crippen LogP) is 5.02. The molecule has 0 aliphatic carbocycles. The van der Waals surface area contributed by atoms with E-state index in [1.54, 1.807) is 36.4 Å². The number of fused-ring (bicyclic) bond motifs is 1. The Bertz CT molecular complexity index is 1690. The second-order valence-electron chi connectivity index (χ2n) is 11.6. The van der Waals surface area contributed by atoms with Crippen molar-refractivity contribution in [3.63, 3.8) is 0 Å². The Kier molecular flexibility index (Phi) is 19.6. The number of nitrogens with one attached hydrogen (secondary N) is 2. The Balaban J connectivity index is 0.000000604. The van der Waals surface area contributed by atoms with Gasteiger partial charge in [0.1, 0.15) is 42.7 Å². The Morgan fingerprint density at radius 2 is 1.83 bits per heavy atom. The molecule has 15 heteroatoms. The van der Waals surface area contributed by atoms with Gasteiger partial charge < -0.3 is 40.4 Å². The molecule has 12 nitrogen and oxygen atoms in total. The maximum absolute atomic E-state index is 14.2. The first kappa shape index (κ1) is 42.8. The molecular formula is C37H46F3N5O7. The third-order valence-electron chi connectivity index (χ3n) is 7.21. The average Bonchev–Trinajstić information content (AvgIpc) is 3.75. The Labute approximate surface area is 300 Å². The van der Waals surface area contributed by atoms with Crippen LogP contribution in [0, 0.1) is 17.5 Å². The topological polar surface area (TPSA) is 167 Å². The lowest BCUT2D eigenvalue weighted by Crippen LogP contribution is -2.23. The minimum Gasteiger partial charge on any atom is -0.486 e. The van der Waals surface area contributed by atoms with Gasteiger partial charge in [-0.3, -0.25) is 14.4 Å². The van der Waals surface area contributed by atoms with Crippen LogP contribution in [0.4, 0.5) is 18.0 Å². The summed E-state index contributed by atoms with van der Waals surface area (Å²) in [5.41, 5.74) is 6.01. The molecule has 5 N–H and O–H groups in total. The summed E-state index contributed by atoms with van der Waals surface area (Å²) in [5, 5.41) is 11.1. The van der Waals surface area contributed by atoms with Crippen molar-refractivity contribution in [2.75, 3.05) is 40.4 Å². The number of aliphatic hydroxyl groups excluding tert-OH is 1. The van der Waals surface area contributed by atoms with Gasteiger partial charge in [0, 0.05) is 42.2 Å². The van der Waals surface area contributed by atoms with E-state index in [0.717, 1.165) is 17.8 Å². The van der Waals surface area contributed by atoms with Crippen molar-refractivity contribution in [2.45, 2.75) is 45.3 Å². The van der Waals surface area contributed by atoms with Crippen LogP contribution in [-0.4, -0.2) is 84.9 Å². The Morgan fingerprint density at radius 1 is 1.08 bits per heavy atom. The molecule has 2 heterocycles. The highest BCUT2D eigenvalue weighted by Crippen LogP contribution is 2.29. The maximum atomic E-state index is 14.2. The van der Waals surface area contributed by atoms with E-state index in [2.05, 4.69) is 32.7 Å². The van der Waals surface area contributed by atoms with Crippen molar-refractivity contribution in [3.05, 3.63) is 101 Å². The molecule has 1 saturated heterocycles. The molecule has 3 aromatic rings. The van der Waals surface area contributed by atoms with Crippen LogP contribution in [0.2, 0.25) is 0 Å². The number of aromatic nitrogens is 1. The molecule has 52 heavy (non-hydrogen) atoms. The lowest BCUT2D eigenvalue weighted by atomic mass is 10.2. The van der Waals surface area contributed by atoms with Gasteiger partial charge in [-0.15, -0.1) is 0 Å². The zero-order valence-electron chi connectivity index (χ0n) is 29.3. The van der Waals surface area contributed by atoms with Crippen LogP contribution in [-0.2, 0) is 32.3 Å². The number of nitrogens with zero attached hydrogens (tertiary/aromatic N) is 2. The molecule has 0 bridgehead atoms. The number of aliphatic hydroxyl groups is 1. The first-order chi connectivity index (χ1) is 24.9. The van der Waals surface area contributed by atoms with Gasteiger partial charge in [0.15, 0.2) is 6.29 Å². The Hall–Kier alpha value is -5.41. The number of aldehydes is 2. The highest BCUT2D eigenvalue weighted by molar-refractivity contribution is 5.87. The first-order valence-electron chi connectivity index (χ1n) is 16.5. The van der Waals surface area contributed by atoms with Gasteiger partial charge in [0.05, 0.1) is 24.4 Å². The summed E-state index contributed by atoms with van der Waals surface area (Å²) in [6, 6.07) is 7.44. The lowest BCUT2D eigenvalue weighted by molar-refractivity contribution is -0.121. The van der Waals surface area contributed by atoms with E-state index in [0.29, 0.717) is 42.9 Å². The van der Waals surface area contributed by atoms with E-state index in [1.165, 1.54) is 56.3 Å². The monoisotopic (exact) mass is 729 g/mol. The summed E-state index contributed by atoms with van der Waals surface area (Å²) in [7, 11) is 3.96. The van der Waals surface area contributed by atoms with Crippen molar-refractivity contribution < 1.29 is 46.9 Å². The lowest BCUT2D eigenvalue weighted by Gasteiger charge is -2.12. The van der Waals surface area contributed by atoms with Crippen LogP contribution in [0.1, 0.15) is 43.4 Å². The van der Waals surface area contributed by atoms with Gasteiger partial charge >= 0.3 is 6.09 Å². The van der Waals surface area contributed by atoms with Gasteiger partial charge in [-0.1, -0.05) is 6.08 Å². The number of benzene rings is 2. The molecule has 0 spiro atoms. The summed E-state index contributed by atoms with van der Waals surface area (Å²) < 4.78 is 51.0. The minimum atomic E-state index is -0.853. The van der Waals surface area contributed by atoms with Crippen molar-refractivity contribution in [1.82, 2.24) is 20.1 Å². The smallest absolute Gasteiger partial charge is 0.404 e. The summed E-state index contributed by atoms with van der Waals surface area (Å²) in [6.07, 6.45) is 12.3. The highest BCUT2D eigenvalue weighted by atomic mass is 19.1. The summed E-state index contributed by atoms with van der Waals surface area (Å²) in [5.74, 6) is -2.09. The quantitative estimate of drug-likeness (QED) is 0.0685. The summed E-state index contributed by atoms with van der Waals surface area (Å²) >= 11 is 0. The molecule has 1 fully saturated rings. The molecule has 0 saturated carbocycles. The number of H-pyrrole nitrogens is 1. The van der Waals surface area contributed by atoms with Gasteiger partial charge in [0.25, 0.3) is 0 Å². The summed E-state index contributed by atoms with van der Waals surface area (Å²) in [6.45, 7) is 2.63. The number of primary amides is 1. The molecule has 282 valence electrons. The van der Waals surface area contributed by atoms with Crippen molar-refractivity contribution in [3.8, 4) is 5.75 Å². The number of ether oxygens (including phenoxy) is 2. The largest absolute Gasteiger partial charge is 0.486 e. The van der Waals surface area contributed by atoms with Crippen LogP contribution >= 0.6 is 0 Å². The predicted molar refractivity (Wildman–Crippen MR) is 190 cm³/mol. The summed E-state index contributed by atoms with van der Waals surface area (Å²) in [4.78, 5) is 50.5. The van der Waals surface area contributed by atoms with Crippen molar-refractivity contribution in [2.24, 2.45) is 5.73 Å². The number of halogens is 3. The number of amides is 2. The molecule has 0 unspecified atom stereocenters. The molecule has 2 amide bonds. The molecule has 1 aliphatic rings. The number of unbranched alkanes of at least 4 members (excludes halogenated alkanes) is 1. The highest BCUT2D eigenvalue weighted by Gasteiger charge is 2.12. The normalized spacial score (nSPS) is 12.9. The van der Waals surface area contributed by atoms with Crippen molar-refractivity contribution in [1.29, 1.82) is 0 Å². The minimum absolute atomic E-state index is 0.0185. The third kappa shape index (κ3) is 17.0. The number of likely N-dealkylation sites (tertiary alicyclic amines) is 1. The number of rotatable bonds is 16. The number of hydrogen-bond donors (Lipinski definition) is 4. The van der Waals surface area contributed by atoms with Crippen LogP contribution in [0.3, 0.4) is 0 Å². The van der Waals surface area contributed by atoms with Gasteiger partial charge in [0.2, 0.25) is 5.91 Å². The molecule has 1 aromatic heterocycles. The zero-order valence-corrected chi connectivity index (χ0v) is 29.3. The van der Waals surface area contributed by atoms with Crippen LogP contribution in [0.5, 0.6) is 5.75 Å². The molecule has 1 aliphatic heterocycles. The van der Waals surface area contributed by atoms with Crippen LogP contribution in [0.25, 0.3) is 10.9 Å². The maximum Gasteiger partial charge on any atom is 0.404 e. The molecule has 2 aromatic carbocycles. The first-order valence-corrected chi connectivity index (χ1v) is 16.5. The van der Waals surface area contributed by atoms with E-state index in [4.69, 9.17) is 9.84 Å². The van der Waals surface area contributed by atoms with E-state index in [-0.39, 0.29) is 49.2 Å². The standard InChI is InChI=1S/C29H28F3N3O4.C5H11N.C3H7NO3/c1-35(11-6-7-24(18-37)33-28(38)8-4-2-3-5-12-36)17-25-14-21-13-23(31)16-27(29(21)34-25)39-19-20-9-10-22(30)15-26(20)32;1-6-4-2-3-5-6;4-3(6)7-2-1-5/h3,5-7,9-16,18,34H,2,4,8,17,19H2,1H3,(H,33,38);2-5H2,1H3;5H,1-2H2,(H2,4,6)/b5-3+,11-6-,24-7+;;. The molecule has 0 atom stereocenters. The number of nitrogens with two attached hydrogens (primary N) is 1. The van der Waals surface area contributed by atoms with E-state index >= 15 is 0 Å². The fourth-order valence-electron chi connectivity index (χ4n) is 4.73. The third-order valence-corrected chi connectivity index (χ3v) is 7.21. The Morgan fingerprint density at radius 3 is 2.42 bits per heavy atom.